The van der Waals surface area contributed by atoms with Gasteiger partial charge in [-0.3, -0.25) is 14.5 Å². The lowest BCUT2D eigenvalue weighted by atomic mass is 9.74. The van der Waals surface area contributed by atoms with Crippen molar-refractivity contribution >= 4 is 35.4 Å². The van der Waals surface area contributed by atoms with Gasteiger partial charge in [-0.05, 0) is 103 Å². The molecule has 2 aromatic carbocycles. The maximum atomic E-state index is 13.2. The van der Waals surface area contributed by atoms with E-state index in [4.69, 9.17) is 16.3 Å². The summed E-state index contributed by atoms with van der Waals surface area (Å²) in [5, 5.41) is 6.28. The fourth-order valence-corrected chi connectivity index (χ4v) is 7.07. The van der Waals surface area contributed by atoms with E-state index in [1.807, 2.05) is 30.3 Å². The van der Waals surface area contributed by atoms with Gasteiger partial charge in [-0.15, -0.1) is 0 Å². The van der Waals surface area contributed by atoms with Gasteiger partial charge in [0.2, 0.25) is 0 Å². The number of morpholine rings is 1. The Balaban J connectivity index is 1.22. The number of benzene rings is 2. The average Bonchev–Trinajstić information content (AvgIpc) is 3.15. The Labute approximate surface area is 250 Å². The van der Waals surface area contributed by atoms with Crippen molar-refractivity contribution in [1.82, 2.24) is 10.2 Å². The molecule has 6 heteroatoms. The van der Waals surface area contributed by atoms with Crippen LogP contribution in [0, 0.1) is 30.6 Å². The molecule has 2 aliphatic carbocycles. The summed E-state index contributed by atoms with van der Waals surface area (Å²) in [4.78, 5) is 28.7. The zero-order valence-electron chi connectivity index (χ0n) is 24.7. The SMILES string of the molecule is Cc1c(C(=O)NCCN2CCOCC2)ccc2c1=CC(CCC1CCCC(C(=O)c3ccc(Cl)cc3)C1)C(C)CC=2. The third-order valence-corrected chi connectivity index (χ3v) is 9.87. The second kappa shape index (κ2) is 14.1. The van der Waals surface area contributed by atoms with Crippen molar-refractivity contribution in [1.29, 1.82) is 0 Å². The molecule has 5 rings (SSSR count). The minimum atomic E-state index is 0.0133. The topological polar surface area (TPSA) is 58.6 Å². The van der Waals surface area contributed by atoms with Crippen LogP contribution in [0.25, 0.3) is 12.2 Å². The van der Waals surface area contributed by atoms with E-state index < -0.39 is 0 Å². The van der Waals surface area contributed by atoms with Gasteiger partial charge in [0.15, 0.2) is 5.78 Å². The van der Waals surface area contributed by atoms with Crippen LogP contribution < -0.4 is 15.8 Å². The van der Waals surface area contributed by atoms with E-state index in [-0.39, 0.29) is 17.6 Å². The summed E-state index contributed by atoms with van der Waals surface area (Å²) in [7, 11) is 0. The molecule has 1 saturated carbocycles. The third-order valence-electron chi connectivity index (χ3n) is 9.62. The van der Waals surface area contributed by atoms with E-state index in [0.717, 1.165) is 88.1 Å². The molecular formula is C35H45ClN2O3. The molecule has 1 N–H and O–H groups in total. The number of carbonyl (C=O) groups is 2. The highest BCUT2D eigenvalue weighted by atomic mass is 35.5. The molecule has 4 atom stereocenters. The molecule has 220 valence electrons. The summed E-state index contributed by atoms with van der Waals surface area (Å²) in [6, 6.07) is 11.5. The van der Waals surface area contributed by atoms with Crippen LogP contribution in [-0.2, 0) is 4.74 Å². The summed E-state index contributed by atoms with van der Waals surface area (Å²) >= 11 is 6.03. The van der Waals surface area contributed by atoms with Gasteiger partial charge in [0.1, 0.15) is 0 Å². The number of Topliss-reactive ketones (excluding diaryl/α,β-unsaturated/α-hetero) is 1. The van der Waals surface area contributed by atoms with Crippen molar-refractivity contribution in [3.8, 4) is 0 Å². The highest BCUT2D eigenvalue weighted by molar-refractivity contribution is 6.30. The Bertz CT molecular complexity index is 1330. The van der Waals surface area contributed by atoms with Crippen LogP contribution >= 0.6 is 11.6 Å². The Kier molecular flexibility index (Phi) is 10.3. The van der Waals surface area contributed by atoms with Crippen LogP contribution in [0.1, 0.15) is 78.1 Å². The summed E-state index contributed by atoms with van der Waals surface area (Å²) < 4.78 is 5.42. The van der Waals surface area contributed by atoms with Crippen LogP contribution in [-0.4, -0.2) is 56.0 Å². The zero-order valence-corrected chi connectivity index (χ0v) is 25.4. The molecule has 2 aromatic rings. The minimum Gasteiger partial charge on any atom is -0.379 e. The van der Waals surface area contributed by atoms with Crippen LogP contribution in [0.4, 0.5) is 0 Å². The fraction of sp³-hybridized carbons (Fsp3) is 0.543. The Hall–Kier alpha value is -2.47. The number of nitrogens with one attached hydrogen (secondary N) is 1. The number of rotatable bonds is 9. The Morgan fingerprint density at radius 1 is 1.05 bits per heavy atom. The molecule has 0 radical (unpaired) electrons. The van der Waals surface area contributed by atoms with Crippen molar-refractivity contribution in [3.05, 3.63) is 68.5 Å². The first-order valence-corrected chi connectivity index (χ1v) is 16.0. The fourth-order valence-electron chi connectivity index (χ4n) is 6.95. The van der Waals surface area contributed by atoms with Crippen molar-refractivity contribution in [2.45, 2.75) is 58.8 Å². The Morgan fingerprint density at radius 3 is 2.61 bits per heavy atom. The quantitative estimate of drug-likeness (QED) is 0.406. The Morgan fingerprint density at radius 2 is 1.83 bits per heavy atom. The molecule has 2 fully saturated rings. The van der Waals surface area contributed by atoms with Gasteiger partial charge in [0.05, 0.1) is 13.2 Å². The molecule has 5 nitrogen and oxygen atoms in total. The highest BCUT2D eigenvalue weighted by Crippen LogP contribution is 2.36. The number of hydrogen-bond acceptors (Lipinski definition) is 4. The normalized spacial score (nSPS) is 24.9. The second-order valence-electron chi connectivity index (χ2n) is 12.4. The first-order valence-electron chi connectivity index (χ1n) is 15.6. The number of nitrogens with zero attached hydrogens (tertiary/aromatic N) is 1. The van der Waals surface area contributed by atoms with Crippen LogP contribution in [0.2, 0.25) is 5.02 Å². The predicted molar refractivity (Wildman–Crippen MR) is 167 cm³/mol. The summed E-state index contributed by atoms with van der Waals surface area (Å²) in [6.45, 7) is 9.35. The molecule has 1 saturated heterocycles. The van der Waals surface area contributed by atoms with Gasteiger partial charge >= 0.3 is 0 Å². The van der Waals surface area contributed by atoms with Crippen LogP contribution in [0.3, 0.4) is 0 Å². The first kappa shape index (κ1) is 30.0. The van der Waals surface area contributed by atoms with E-state index in [1.54, 1.807) is 0 Å². The van der Waals surface area contributed by atoms with Gasteiger partial charge < -0.3 is 10.1 Å². The molecule has 0 spiro atoms. The maximum Gasteiger partial charge on any atom is 0.251 e. The molecule has 1 heterocycles. The number of halogens is 1. The van der Waals surface area contributed by atoms with Crippen LogP contribution in [0.5, 0.6) is 0 Å². The molecule has 41 heavy (non-hydrogen) atoms. The number of amides is 1. The van der Waals surface area contributed by atoms with E-state index in [1.165, 1.54) is 16.9 Å². The van der Waals surface area contributed by atoms with Gasteiger partial charge in [0, 0.05) is 48.2 Å². The van der Waals surface area contributed by atoms with Gasteiger partial charge in [-0.2, -0.15) is 0 Å². The van der Waals surface area contributed by atoms with Gasteiger partial charge in [-0.25, -0.2) is 0 Å². The number of fused-ring (bicyclic) bond motifs is 1. The van der Waals surface area contributed by atoms with Crippen LogP contribution in [0.15, 0.2) is 36.4 Å². The zero-order chi connectivity index (χ0) is 28.8. The van der Waals surface area contributed by atoms with Gasteiger partial charge in [0.25, 0.3) is 5.91 Å². The number of ether oxygens (including phenoxy) is 1. The van der Waals surface area contributed by atoms with Crippen molar-refractivity contribution in [2.75, 3.05) is 39.4 Å². The van der Waals surface area contributed by atoms with Crippen molar-refractivity contribution in [2.24, 2.45) is 23.7 Å². The van der Waals surface area contributed by atoms with Crippen molar-refractivity contribution < 1.29 is 14.3 Å². The first-order chi connectivity index (χ1) is 19.9. The van der Waals surface area contributed by atoms with E-state index in [2.05, 4.69) is 42.3 Å². The summed E-state index contributed by atoms with van der Waals surface area (Å²) in [6.07, 6.45) is 12.4. The van der Waals surface area contributed by atoms with Crippen molar-refractivity contribution in [3.63, 3.8) is 0 Å². The molecule has 3 aliphatic rings. The molecule has 0 bridgehead atoms. The number of carbonyl (C=O) groups excluding carboxylic acids is 2. The van der Waals surface area contributed by atoms with Gasteiger partial charge in [-0.1, -0.05) is 49.6 Å². The lowest BCUT2D eigenvalue weighted by molar-refractivity contribution is 0.0383. The van der Waals surface area contributed by atoms with E-state index in [9.17, 15) is 9.59 Å². The van der Waals surface area contributed by atoms with E-state index >= 15 is 0 Å². The summed E-state index contributed by atoms with van der Waals surface area (Å²) in [5.41, 5.74) is 2.64. The van der Waals surface area contributed by atoms with E-state index in [0.29, 0.717) is 29.3 Å². The number of ketones is 1. The molecular weight excluding hydrogens is 532 g/mol. The minimum absolute atomic E-state index is 0.0133. The monoisotopic (exact) mass is 576 g/mol. The smallest absolute Gasteiger partial charge is 0.251 e. The highest BCUT2D eigenvalue weighted by Gasteiger charge is 2.29. The maximum absolute atomic E-state index is 13.2. The predicted octanol–water partition coefficient (Wildman–Crippen LogP) is 5.40. The molecule has 1 aliphatic heterocycles. The largest absolute Gasteiger partial charge is 0.379 e. The average molecular weight is 577 g/mol. The number of hydrogen-bond donors (Lipinski definition) is 1. The lowest BCUT2D eigenvalue weighted by Gasteiger charge is -2.30. The molecule has 0 aromatic heterocycles. The summed E-state index contributed by atoms with van der Waals surface area (Å²) in [5.74, 6) is 1.99. The third kappa shape index (κ3) is 7.68. The standard InChI is InChI=1S/C35H45ClN2O3/c1-24-6-8-27-12-15-32(35(40)37-16-17-38-18-20-41-21-19-38)25(2)33(27)23-29(24)9-7-26-4-3-5-30(22-26)34(39)28-10-13-31(36)14-11-28/h8,10-15,23-24,26,29-30H,3-7,9,16-22H2,1-2H3,(H,37,40). The second-order valence-corrected chi connectivity index (χ2v) is 12.8. The lowest BCUT2D eigenvalue weighted by Crippen LogP contribution is -2.41. The molecule has 1 amide bonds. The molecule has 4 unspecified atom stereocenters.